The predicted octanol–water partition coefficient (Wildman–Crippen LogP) is 2.56. The van der Waals surface area contributed by atoms with Gasteiger partial charge in [-0.15, -0.1) is 0 Å². The first-order valence-electron chi connectivity index (χ1n) is 8.67. The second-order valence-electron chi connectivity index (χ2n) is 6.63. The number of benzene rings is 1. The molecule has 1 aromatic rings. The Morgan fingerprint density at radius 3 is 2.75 bits per heavy atom. The second kappa shape index (κ2) is 9.42. The van der Waals surface area contributed by atoms with Gasteiger partial charge in [0.25, 0.3) is 0 Å². The average molecular weight is 333 g/mol. The predicted molar refractivity (Wildman–Crippen MR) is 91.8 cm³/mol. The van der Waals surface area contributed by atoms with Crippen LogP contribution in [0.25, 0.3) is 0 Å². The van der Waals surface area contributed by atoms with Crippen LogP contribution in [0.4, 0.5) is 0 Å². The smallest absolute Gasteiger partial charge is 0.308 e. The van der Waals surface area contributed by atoms with E-state index in [1.54, 1.807) is 0 Å². The summed E-state index contributed by atoms with van der Waals surface area (Å²) in [6.07, 6.45) is 3.76. The number of carbonyl (C=O) groups is 2. The molecule has 0 radical (unpaired) electrons. The maximum atomic E-state index is 12.0. The Labute approximate surface area is 143 Å². The lowest BCUT2D eigenvalue weighted by Gasteiger charge is -2.21. The van der Waals surface area contributed by atoms with Gasteiger partial charge in [0.2, 0.25) is 5.91 Å². The summed E-state index contributed by atoms with van der Waals surface area (Å²) in [6.45, 7) is 3.72. The van der Waals surface area contributed by atoms with Gasteiger partial charge >= 0.3 is 5.97 Å². The summed E-state index contributed by atoms with van der Waals surface area (Å²) in [5.74, 6) is -0.982. The second-order valence-corrected chi connectivity index (χ2v) is 6.63. The van der Waals surface area contributed by atoms with Gasteiger partial charge in [0.05, 0.1) is 5.92 Å². The summed E-state index contributed by atoms with van der Waals surface area (Å²) in [4.78, 5) is 23.4. The molecule has 1 aliphatic rings. The molecule has 132 valence electrons. The zero-order valence-corrected chi connectivity index (χ0v) is 14.3. The number of carboxylic acid groups (broad SMARTS) is 1. The monoisotopic (exact) mass is 333 g/mol. The van der Waals surface area contributed by atoms with E-state index in [0.29, 0.717) is 18.8 Å². The number of rotatable bonds is 8. The fourth-order valence-corrected chi connectivity index (χ4v) is 3.07. The standard InChI is InChI=1S/C19H27NO4/c1-14-3-2-4-16(11-14)12-17(19(22)23)13-20-18(21)6-5-15-7-9-24-10-8-15/h2-4,11,15,17H,5-10,12-13H2,1H3,(H,20,21)(H,22,23)/t17-/m1/s1. The molecule has 0 bridgehead atoms. The van der Waals surface area contributed by atoms with Crippen molar-refractivity contribution in [2.45, 2.75) is 39.0 Å². The molecule has 1 heterocycles. The normalized spacial score (nSPS) is 16.5. The van der Waals surface area contributed by atoms with Gasteiger partial charge in [-0.2, -0.15) is 0 Å². The molecule has 1 amide bonds. The first-order valence-corrected chi connectivity index (χ1v) is 8.67. The molecule has 0 saturated carbocycles. The van der Waals surface area contributed by atoms with E-state index in [1.807, 2.05) is 31.2 Å². The van der Waals surface area contributed by atoms with Crippen LogP contribution < -0.4 is 5.32 Å². The fraction of sp³-hybridized carbons (Fsp3) is 0.579. The quantitative estimate of drug-likeness (QED) is 0.767. The van der Waals surface area contributed by atoms with Crippen LogP contribution >= 0.6 is 0 Å². The maximum absolute atomic E-state index is 12.0. The molecule has 2 rings (SSSR count). The lowest BCUT2D eigenvalue weighted by molar-refractivity contribution is -0.141. The lowest BCUT2D eigenvalue weighted by atomic mass is 9.94. The van der Waals surface area contributed by atoms with Gasteiger partial charge in [0.15, 0.2) is 0 Å². The lowest BCUT2D eigenvalue weighted by Crippen LogP contribution is -2.34. The molecule has 5 nitrogen and oxygen atoms in total. The largest absolute Gasteiger partial charge is 0.481 e. The Balaban J connectivity index is 1.76. The number of hydrogen-bond acceptors (Lipinski definition) is 3. The van der Waals surface area contributed by atoms with Crippen molar-refractivity contribution in [2.24, 2.45) is 11.8 Å². The molecule has 1 fully saturated rings. The van der Waals surface area contributed by atoms with Crippen molar-refractivity contribution in [1.82, 2.24) is 5.32 Å². The minimum absolute atomic E-state index is 0.0583. The number of carbonyl (C=O) groups excluding carboxylic acids is 1. The van der Waals surface area contributed by atoms with Crippen LogP contribution in [0.1, 0.15) is 36.8 Å². The number of amides is 1. The topological polar surface area (TPSA) is 75.6 Å². The minimum atomic E-state index is -0.874. The van der Waals surface area contributed by atoms with E-state index in [2.05, 4.69) is 5.32 Å². The number of aryl methyl sites for hydroxylation is 1. The van der Waals surface area contributed by atoms with Crippen LogP contribution in [-0.4, -0.2) is 36.7 Å². The molecule has 2 N–H and O–H groups in total. The third kappa shape index (κ3) is 6.32. The summed E-state index contributed by atoms with van der Waals surface area (Å²) < 4.78 is 5.31. The first kappa shape index (κ1) is 18.5. The Morgan fingerprint density at radius 2 is 2.08 bits per heavy atom. The van der Waals surface area contributed by atoms with Crippen molar-refractivity contribution < 1.29 is 19.4 Å². The Kier molecular flexibility index (Phi) is 7.25. The number of nitrogens with one attached hydrogen (secondary N) is 1. The molecule has 5 heteroatoms. The van der Waals surface area contributed by atoms with Crippen LogP contribution in [0.2, 0.25) is 0 Å². The molecule has 1 aromatic carbocycles. The Bertz CT molecular complexity index is 552. The highest BCUT2D eigenvalue weighted by molar-refractivity contribution is 5.77. The minimum Gasteiger partial charge on any atom is -0.481 e. The van der Waals surface area contributed by atoms with E-state index in [-0.39, 0.29) is 12.5 Å². The van der Waals surface area contributed by atoms with Crippen molar-refractivity contribution in [3.8, 4) is 0 Å². The van der Waals surface area contributed by atoms with E-state index in [1.165, 1.54) is 0 Å². The van der Waals surface area contributed by atoms with Crippen LogP contribution in [0.3, 0.4) is 0 Å². The number of carboxylic acids is 1. The molecule has 0 aliphatic carbocycles. The maximum Gasteiger partial charge on any atom is 0.308 e. The molecule has 1 atom stereocenters. The van der Waals surface area contributed by atoms with Crippen molar-refractivity contribution in [2.75, 3.05) is 19.8 Å². The van der Waals surface area contributed by atoms with Gasteiger partial charge < -0.3 is 15.2 Å². The van der Waals surface area contributed by atoms with E-state index in [0.717, 1.165) is 43.6 Å². The highest BCUT2D eigenvalue weighted by Gasteiger charge is 2.20. The van der Waals surface area contributed by atoms with Crippen molar-refractivity contribution >= 4 is 11.9 Å². The third-order valence-corrected chi connectivity index (χ3v) is 4.58. The van der Waals surface area contributed by atoms with E-state index in [4.69, 9.17) is 4.74 Å². The van der Waals surface area contributed by atoms with Gasteiger partial charge in [-0.1, -0.05) is 29.8 Å². The fourth-order valence-electron chi connectivity index (χ4n) is 3.07. The average Bonchev–Trinajstić information content (AvgIpc) is 2.57. The van der Waals surface area contributed by atoms with Crippen LogP contribution in [0, 0.1) is 18.8 Å². The van der Waals surface area contributed by atoms with Gasteiger partial charge in [-0.05, 0) is 44.1 Å². The highest BCUT2D eigenvalue weighted by Crippen LogP contribution is 2.19. The zero-order valence-electron chi connectivity index (χ0n) is 14.3. The van der Waals surface area contributed by atoms with Gasteiger partial charge in [0.1, 0.15) is 0 Å². The highest BCUT2D eigenvalue weighted by atomic mass is 16.5. The van der Waals surface area contributed by atoms with E-state index in [9.17, 15) is 14.7 Å². The van der Waals surface area contributed by atoms with Crippen LogP contribution in [0.15, 0.2) is 24.3 Å². The molecular weight excluding hydrogens is 306 g/mol. The summed E-state index contributed by atoms with van der Waals surface area (Å²) in [6, 6.07) is 7.83. The molecular formula is C19H27NO4. The Hall–Kier alpha value is -1.88. The summed E-state index contributed by atoms with van der Waals surface area (Å²) in [5.41, 5.74) is 2.09. The summed E-state index contributed by atoms with van der Waals surface area (Å²) >= 11 is 0. The third-order valence-electron chi connectivity index (χ3n) is 4.58. The van der Waals surface area contributed by atoms with Gasteiger partial charge in [-0.25, -0.2) is 0 Å². The number of aliphatic carboxylic acids is 1. The SMILES string of the molecule is Cc1cccc(C[C@H](CNC(=O)CCC2CCOCC2)C(=O)O)c1. The van der Waals surface area contributed by atoms with Gasteiger partial charge in [0, 0.05) is 26.2 Å². The molecule has 0 spiro atoms. The van der Waals surface area contributed by atoms with Crippen LogP contribution in [-0.2, 0) is 20.7 Å². The Morgan fingerprint density at radius 1 is 1.33 bits per heavy atom. The molecule has 1 aliphatic heterocycles. The number of ether oxygens (including phenoxy) is 1. The van der Waals surface area contributed by atoms with Crippen LogP contribution in [0.5, 0.6) is 0 Å². The molecule has 1 saturated heterocycles. The van der Waals surface area contributed by atoms with E-state index >= 15 is 0 Å². The zero-order chi connectivity index (χ0) is 17.4. The summed E-state index contributed by atoms with van der Waals surface area (Å²) in [7, 11) is 0. The molecule has 0 unspecified atom stereocenters. The summed E-state index contributed by atoms with van der Waals surface area (Å²) in [5, 5.41) is 12.2. The molecule has 0 aromatic heterocycles. The number of hydrogen-bond donors (Lipinski definition) is 2. The van der Waals surface area contributed by atoms with E-state index < -0.39 is 11.9 Å². The molecule has 24 heavy (non-hydrogen) atoms. The first-order chi connectivity index (χ1) is 11.5. The van der Waals surface area contributed by atoms with Crippen molar-refractivity contribution in [1.29, 1.82) is 0 Å². The van der Waals surface area contributed by atoms with Crippen molar-refractivity contribution in [3.05, 3.63) is 35.4 Å². The van der Waals surface area contributed by atoms with Crippen molar-refractivity contribution in [3.63, 3.8) is 0 Å². The van der Waals surface area contributed by atoms with Gasteiger partial charge in [-0.3, -0.25) is 9.59 Å².